The molecule has 0 radical (unpaired) electrons. The van der Waals surface area contributed by atoms with Crippen molar-refractivity contribution < 1.29 is 8.42 Å². The monoisotopic (exact) mass is 299 g/mol. The minimum absolute atomic E-state index is 0.213. The average Bonchev–Trinajstić information content (AvgIpc) is 3.05. The molecule has 1 saturated heterocycles. The molecule has 1 fully saturated rings. The van der Waals surface area contributed by atoms with Crippen molar-refractivity contribution >= 4 is 21.4 Å². The van der Waals surface area contributed by atoms with Crippen LogP contribution in [-0.2, 0) is 10.0 Å². The van der Waals surface area contributed by atoms with Gasteiger partial charge in [0, 0.05) is 6.54 Å². The van der Waals surface area contributed by atoms with Gasteiger partial charge in [-0.3, -0.25) is 0 Å². The third kappa shape index (κ3) is 4.01. The lowest BCUT2D eigenvalue weighted by Gasteiger charge is -2.14. The van der Waals surface area contributed by atoms with Crippen LogP contribution in [0.2, 0.25) is 0 Å². The average molecular weight is 299 g/mol. The van der Waals surface area contributed by atoms with Gasteiger partial charge in [-0.2, -0.15) is 5.26 Å². The van der Waals surface area contributed by atoms with Crippen LogP contribution in [0, 0.1) is 11.3 Å². The highest BCUT2D eigenvalue weighted by Crippen LogP contribution is 2.20. The fourth-order valence-corrected chi connectivity index (χ4v) is 4.33. The van der Waals surface area contributed by atoms with Gasteiger partial charge in [0.15, 0.2) is 0 Å². The molecular weight excluding hydrogens is 282 g/mol. The van der Waals surface area contributed by atoms with Crippen LogP contribution in [-0.4, -0.2) is 39.5 Å². The van der Waals surface area contributed by atoms with Crippen LogP contribution in [0.4, 0.5) is 0 Å². The van der Waals surface area contributed by atoms with E-state index in [1.54, 1.807) is 0 Å². The topological polar surface area (TPSA) is 73.2 Å². The molecule has 2 heterocycles. The third-order valence-electron chi connectivity index (χ3n) is 3.10. The number of sulfonamides is 1. The Hall–Kier alpha value is -0.940. The second-order valence-electron chi connectivity index (χ2n) is 4.53. The molecule has 0 aliphatic carbocycles. The van der Waals surface area contributed by atoms with E-state index in [0.29, 0.717) is 11.4 Å². The Morgan fingerprint density at radius 3 is 2.74 bits per heavy atom. The van der Waals surface area contributed by atoms with Crippen LogP contribution >= 0.6 is 11.3 Å². The lowest BCUT2D eigenvalue weighted by atomic mass is 10.4. The number of nitrogens with one attached hydrogen (secondary N) is 1. The summed E-state index contributed by atoms with van der Waals surface area (Å²) in [6.45, 7) is 3.64. The lowest BCUT2D eigenvalue weighted by molar-refractivity contribution is 0.334. The fraction of sp³-hybridized carbons (Fsp3) is 0.583. The molecule has 0 saturated carbocycles. The van der Waals surface area contributed by atoms with Crippen molar-refractivity contribution in [3.63, 3.8) is 0 Å². The van der Waals surface area contributed by atoms with Crippen molar-refractivity contribution in [2.24, 2.45) is 0 Å². The Labute approximate surface area is 117 Å². The molecule has 1 aliphatic rings. The van der Waals surface area contributed by atoms with E-state index in [1.807, 2.05) is 6.07 Å². The first-order valence-electron chi connectivity index (χ1n) is 6.34. The molecule has 104 valence electrons. The molecule has 0 unspecified atom stereocenters. The summed E-state index contributed by atoms with van der Waals surface area (Å²) in [4.78, 5) is 2.77. The predicted octanol–water partition coefficient (Wildman–Crippen LogP) is 1.38. The summed E-state index contributed by atoms with van der Waals surface area (Å²) in [5.74, 6) is 0. The van der Waals surface area contributed by atoms with Gasteiger partial charge in [-0.05, 0) is 51.0 Å². The minimum atomic E-state index is -3.45. The zero-order valence-electron chi connectivity index (χ0n) is 10.6. The van der Waals surface area contributed by atoms with Gasteiger partial charge in [0.25, 0.3) is 0 Å². The Bertz CT molecular complexity index is 554. The summed E-state index contributed by atoms with van der Waals surface area (Å²) in [7, 11) is -3.45. The number of hydrogen-bond donors (Lipinski definition) is 1. The SMILES string of the molecule is N#Cc1ccc(S(=O)(=O)NCCCN2CCCC2)s1. The van der Waals surface area contributed by atoms with Crippen LogP contribution in [0.25, 0.3) is 0 Å². The highest BCUT2D eigenvalue weighted by atomic mass is 32.2. The van der Waals surface area contributed by atoms with E-state index in [4.69, 9.17) is 5.26 Å². The van der Waals surface area contributed by atoms with E-state index < -0.39 is 10.0 Å². The van der Waals surface area contributed by atoms with E-state index in [1.165, 1.54) is 25.0 Å². The van der Waals surface area contributed by atoms with E-state index in [-0.39, 0.29) is 4.21 Å². The molecule has 7 heteroatoms. The Morgan fingerprint density at radius 1 is 1.37 bits per heavy atom. The molecule has 0 bridgehead atoms. The van der Waals surface area contributed by atoms with Gasteiger partial charge in [-0.15, -0.1) is 11.3 Å². The summed E-state index contributed by atoms with van der Waals surface area (Å²) < 4.78 is 26.7. The molecule has 19 heavy (non-hydrogen) atoms. The van der Waals surface area contributed by atoms with Gasteiger partial charge < -0.3 is 4.90 Å². The zero-order valence-corrected chi connectivity index (χ0v) is 12.3. The second-order valence-corrected chi connectivity index (χ2v) is 7.61. The second kappa shape index (κ2) is 6.48. The van der Waals surface area contributed by atoms with Crippen molar-refractivity contribution in [1.29, 1.82) is 5.26 Å². The summed E-state index contributed by atoms with van der Waals surface area (Å²) in [5, 5.41) is 8.69. The van der Waals surface area contributed by atoms with Crippen LogP contribution < -0.4 is 4.72 Å². The summed E-state index contributed by atoms with van der Waals surface area (Å²) in [6.07, 6.45) is 3.31. The van der Waals surface area contributed by atoms with Crippen molar-refractivity contribution in [2.75, 3.05) is 26.2 Å². The molecule has 1 N–H and O–H groups in total. The maximum Gasteiger partial charge on any atom is 0.250 e. The Balaban J connectivity index is 1.79. The van der Waals surface area contributed by atoms with Crippen LogP contribution in [0.15, 0.2) is 16.3 Å². The molecule has 0 aromatic carbocycles. The maximum atomic E-state index is 11.9. The van der Waals surface area contributed by atoms with Gasteiger partial charge in [-0.1, -0.05) is 0 Å². The number of likely N-dealkylation sites (tertiary alicyclic amines) is 1. The van der Waals surface area contributed by atoms with Crippen LogP contribution in [0.3, 0.4) is 0 Å². The smallest absolute Gasteiger partial charge is 0.250 e. The summed E-state index contributed by atoms with van der Waals surface area (Å²) in [5.41, 5.74) is 0. The number of nitrogens with zero attached hydrogens (tertiary/aromatic N) is 2. The fourth-order valence-electron chi connectivity index (χ4n) is 2.11. The molecule has 1 aromatic rings. The van der Waals surface area contributed by atoms with E-state index in [2.05, 4.69) is 9.62 Å². The van der Waals surface area contributed by atoms with Gasteiger partial charge in [0.1, 0.15) is 15.2 Å². The first kappa shape index (κ1) is 14.5. The van der Waals surface area contributed by atoms with Gasteiger partial charge in [0.05, 0.1) is 0 Å². The zero-order chi connectivity index (χ0) is 13.7. The standard InChI is InChI=1S/C12H17N3O2S2/c13-10-11-4-5-12(18-11)19(16,17)14-6-3-9-15-7-1-2-8-15/h4-5,14H,1-3,6-9H2. The number of rotatable bonds is 6. The van der Waals surface area contributed by atoms with Crippen LogP contribution in [0.1, 0.15) is 24.1 Å². The van der Waals surface area contributed by atoms with E-state index in [0.717, 1.165) is 37.4 Å². The molecule has 5 nitrogen and oxygen atoms in total. The largest absolute Gasteiger partial charge is 0.303 e. The van der Waals surface area contributed by atoms with Crippen molar-refractivity contribution in [1.82, 2.24) is 9.62 Å². The number of hydrogen-bond acceptors (Lipinski definition) is 5. The number of nitriles is 1. The Morgan fingerprint density at radius 2 is 2.11 bits per heavy atom. The highest BCUT2D eigenvalue weighted by molar-refractivity contribution is 7.91. The minimum Gasteiger partial charge on any atom is -0.303 e. The van der Waals surface area contributed by atoms with Crippen molar-refractivity contribution in [3.8, 4) is 6.07 Å². The molecule has 0 amide bonds. The normalized spacial score (nSPS) is 16.6. The molecule has 1 aliphatic heterocycles. The molecular formula is C12H17N3O2S2. The van der Waals surface area contributed by atoms with Gasteiger partial charge in [-0.25, -0.2) is 13.1 Å². The van der Waals surface area contributed by atoms with Gasteiger partial charge >= 0.3 is 0 Å². The molecule has 0 spiro atoms. The van der Waals surface area contributed by atoms with Gasteiger partial charge in [0.2, 0.25) is 10.0 Å². The van der Waals surface area contributed by atoms with Crippen molar-refractivity contribution in [3.05, 3.63) is 17.0 Å². The quantitative estimate of drug-likeness (QED) is 0.806. The predicted molar refractivity (Wildman–Crippen MR) is 74.5 cm³/mol. The third-order valence-corrected chi connectivity index (χ3v) is 6.04. The number of thiophene rings is 1. The molecule has 1 aromatic heterocycles. The Kier molecular flexibility index (Phi) is 4.93. The van der Waals surface area contributed by atoms with E-state index in [9.17, 15) is 8.42 Å². The molecule has 0 atom stereocenters. The summed E-state index contributed by atoms with van der Waals surface area (Å²) >= 11 is 1.00. The van der Waals surface area contributed by atoms with Crippen LogP contribution in [0.5, 0.6) is 0 Å². The van der Waals surface area contributed by atoms with Crippen molar-refractivity contribution in [2.45, 2.75) is 23.5 Å². The van der Waals surface area contributed by atoms with E-state index >= 15 is 0 Å². The maximum absolute atomic E-state index is 11.9. The lowest BCUT2D eigenvalue weighted by Crippen LogP contribution is -2.28. The molecule has 2 rings (SSSR count). The highest BCUT2D eigenvalue weighted by Gasteiger charge is 2.16. The first-order valence-corrected chi connectivity index (χ1v) is 8.64. The summed E-state index contributed by atoms with van der Waals surface area (Å²) in [6, 6.07) is 4.95. The first-order chi connectivity index (χ1) is 9.12.